The van der Waals surface area contributed by atoms with E-state index in [1.165, 1.54) is 97.3 Å². The van der Waals surface area contributed by atoms with Crippen LogP contribution >= 0.6 is 0 Å². The van der Waals surface area contributed by atoms with Gasteiger partial charge in [0.2, 0.25) is 0 Å². The van der Waals surface area contributed by atoms with Gasteiger partial charge in [-0.15, -0.1) is 0 Å². The molecule has 4 rings (SSSR count). The van der Waals surface area contributed by atoms with Gasteiger partial charge in [-0.1, -0.05) is 120 Å². The highest BCUT2D eigenvalue weighted by Crippen LogP contribution is 2.37. The van der Waals surface area contributed by atoms with Gasteiger partial charge in [-0.3, -0.25) is 0 Å². The average Bonchev–Trinajstić information content (AvgIpc) is 3.17. The summed E-state index contributed by atoms with van der Waals surface area (Å²) >= 11 is 0. The minimum absolute atomic E-state index is 0.639. The Balaban J connectivity index is 1.76. The van der Waals surface area contributed by atoms with Crippen LogP contribution in [-0.4, -0.2) is 4.57 Å². The molecule has 0 saturated carbocycles. The zero-order chi connectivity index (χ0) is 22.2. The van der Waals surface area contributed by atoms with Crippen LogP contribution in [0.5, 0.6) is 0 Å². The maximum absolute atomic E-state index is 2.52. The first-order chi connectivity index (χ1) is 15.8. The normalized spacial score (nSPS) is 11.7. The minimum Gasteiger partial charge on any atom is -0.309 e. The summed E-state index contributed by atoms with van der Waals surface area (Å²) in [7, 11) is 0. The van der Waals surface area contributed by atoms with Crippen molar-refractivity contribution >= 4 is 21.8 Å². The number of hydrogen-bond donors (Lipinski definition) is 0. The van der Waals surface area contributed by atoms with Crippen LogP contribution in [0.15, 0.2) is 72.8 Å². The Morgan fingerprint density at radius 2 is 1.06 bits per heavy atom. The third-order valence-electron chi connectivity index (χ3n) is 7.01. The zero-order valence-electron chi connectivity index (χ0n) is 20.0. The third-order valence-corrected chi connectivity index (χ3v) is 7.01. The van der Waals surface area contributed by atoms with E-state index in [0.29, 0.717) is 5.92 Å². The lowest BCUT2D eigenvalue weighted by Crippen LogP contribution is -2.06. The standard InChI is InChI=1S/C31H39N/c1-3-5-7-9-17-25(18-10-8-6-4-2)26-19-11-14-22-29(26)32-30-23-15-12-20-27(30)28-21-13-16-24-31(28)32/h11-16,19-25H,3-10,17-18H2,1-2H3. The topological polar surface area (TPSA) is 4.93 Å². The van der Waals surface area contributed by atoms with Crippen LogP contribution in [0, 0.1) is 0 Å². The highest BCUT2D eigenvalue weighted by Gasteiger charge is 2.19. The Hall–Kier alpha value is -2.54. The van der Waals surface area contributed by atoms with Crippen molar-refractivity contribution in [3.05, 3.63) is 78.4 Å². The van der Waals surface area contributed by atoms with Gasteiger partial charge >= 0.3 is 0 Å². The molecule has 1 heteroatoms. The highest BCUT2D eigenvalue weighted by atomic mass is 15.0. The molecule has 0 radical (unpaired) electrons. The number of benzene rings is 3. The highest BCUT2D eigenvalue weighted by molar-refractivity contribution is 6.09. The van der Waals surface area contributed by atoms with Gasteiger partial charge in [0.25, 0.3) is 0 Å². The van der Waals surface area contributed by atoms with Crippen LogP contribution in [0.25, 0.3) is 27.5 Å². The van der Waals surface area contributed by atoms with E-state index < -0.39 is 0 Å². The molecule has 0 saturated heterocycles. The first-order valence-electron chi connectivity index (χ1n) is 12.9. The lowest BCUT2D eigenvalue weighted by Gasteiger charge is -2.22. The Morgan fingerprint density at radius 3 is 1.62 bits per heavy atom. The van der Waals surface area contributed by atoms with Gasteiger partial charge in [-0.25, -0.2) is 0 Å². The van der Waals surface area contributed by atoms with Gasteiger partial charge in [0, 0.05) is 16.5 Å². The lowest BCUT2D eigenvalue weighted by molar-refractivity contribution is 0.496. The number of nitrogens with zero attached hydrogens (tertiary/aromatic N) is 1. The summed E-state index contributed by atoms with van der Waals surface area (Å²) in [4.78, 5) is 0. The van der Waals surface area contributed by atoms with E-state index in [1.807, 2.05) is 0 Å². The van der Waals surface area contributed by atoms with Crippen LogP contribution in [0.1, 0.15) is 89.5 Å². The molecule has 1 aromatic heterocycles. The predicted molar refractivity (Wildman–Crippen MR) is 141 cm³/mol. The molecule has 168 valence electrons. The Kier molecular flexibility index (Phi) is 8.04. The number of fused-ring (bicyclic) bond motifs is 3. The number of aromatic nitrogens is 1. The van der Waals surface area contributed by atoms with E-state index in [0.717, 1.165) is 0 Å². The maximum atomic E-state index is 2.52. The molecular weight excluding hydrogens is 386 g/mol. The fraction of sp³-hybridized carbons (Fsp3) is 0.419. The van der Waals surface area contributed by atoms with E-state index in [2.05, 4.69) is 91.2 Å². The Bertz CT molecular complexity index is 1050. The van der Waals surface area contributed by atoms with Crippen molar-refractivity contribution in [3.63, 3.8) is 0 Å². The first kappa shape index (κ1) is 22.6. The minimum atomic E-state index is 0.639. The molecule has 0 unspecified atom stereocenters. The van der Waals surface area contributed by atoms with E-state index in [1.54, 1.807) is 0 Å². The summed E-state index contributed by atoms with van der Waals surface area (Å²) in [5.74, 6) is 0.639. The van der Waals surface area contributed by atoms with Crippen LogP contribution in [0.4, 0.5) is 0 Å². The molecule has 0 amide bonds. The first-order valence-corrected chi connectivity index (χ1v) is 12.9. The molecule has 4 aromatic rings. The third kappa shape index (κ3) is 4.93. The molecule has 0 bridgehead atoms. The SMILES string of the molecule is CCCCCCC(CCCCCC)c1ccccc1-n1c2ccccc2c2ccccc21. The maximum Gasteiger partial charge on any atom is 0.0541 e. The summed E-state index contributed by atoms with van der Waals surface area (Å²) < 4.78 is 2.52. The average molecular weight is 426 g/mol. The van der Waals surface area contributed by atoms with E-state index in [9.17, 15) is 0 Å². The predicted octanol–water partition coefficient (Wildman–Crippen LogP) is 9.81. The number of rotatable bonds is 12. The summed E-state index contributed by atoms with van der Waals surface area (Å²) in [6.07, 6.45) is 13.3. The fourth-order valence-corrected chi connectivity index (χ4v) is 5.31. The molecule has 1 nitrogen and oxygen atoms in total. The molecule has 1 heterocycles. The second-order valence-electron chi connectivity index (χ2n) is 9.32. The second-order valence-corrected chi connectivity index (χ2v) is 9.32. The van der Waals surface area contributed by atoms with E-state index in [4.69, 9.17) is 0 Å². The summed E-state index contributed by atoms with van der Waals surface area (Å²) in [5, 5.41) is 2.70. The number of hydrogen-bond acceptors (Lipinski definition) is 0. The Morgan fingerprint density at radius 1 is 0.562 bits per heavy atom. The van der Waals surface area contributed by atoms with Gasteiger partial charge in [0.15, 0.2) is 0 Å². The molecule has 0 aliphatic heterocycles. The number of para-hydroxylation sites is 3. The summed E-state index contributed by atoms with van der Waals surface area (Å²) in [6, 6.07) is 27.0. The molecule has 0 fully saturated rings. The quantitative estimate of drug-likeness (QED) is 0.199. The van der Waals surface area contributed by atoms with Crippen molar-refractivity contribution in [2.45, 2.75) is 84.0 Å². The van der Waals surface area contributed by atoms with Gasteiger partial charge in [-0.2, -0.15) is 0 Å². The van der Waals surface area contributed by atoms with Crippen molar-refractivity contribution in [2.75, 3.05) is 0 Å². The number of unbranched alkanes of at least 4 members (excludes halogenated alkanes) is 6. The van der Waals surface area contributed by atoms with Crippen LogP contribution in [0.3, 0.4) is 0 Å². The van der Waals surface area contributed by atoms with Crippen molar-refractivity contribution in [2.24, 2.45) is 0 Å². The molecule has 0 N–H and O–H groups in total. The molecule has 0 spiro atoms. The molecule has 3 aromatic carbocycles. The fourth-order valence-electron chi connectivity index (χ4n) is 5.31. The van der Waals surface area contributed by atoms with Crippen LogP contribution in [0.2, 0.25) is 0 Å². The van der Waals surface area contributed by atoms with E-state index >= 15 is 0 Å². The van der Waals surface area contributed by atoms with Gasteiger partial charge < -0.3 is 4.57 Å². The lowest BCUT2D eigenvalue weighted by atomic mass is 9.87. The van der Waals surface area contributed by atoms with Gasteiger partial charge in [-0.05, 0) is 42.5 Å². The molecule has 0 aliphatic rings. The van der Waals surface area contributed by atoms with Crippen molar-refractivity contribution < 1.29 is 0 Å². The zero-order valence-corrected chi connectivity index (χ0v) is 20.0. The van der Waals surface area contributed by atoms with Gasteiger partial charge in [0.05, 0.1) is 11.0 Å². The molecular formula is C31H39N. The smallest absolute Gasteiger partial charge is 0.0541 e. The molecule has 32 heavy (non-hydrogen) atoms. The van der Waals surface area contributed by atoms with Crippen LogP contribution in [-0.2, 0) is 0 Å². The monoisotopic (exact) mass is 425 g/mol. The molecule has 0 atom stereocenters. The molecule has 0 aliphatic carbocycles. The second kappa shape index (κ2) is 11.4. The van der Waals surface area contributed by atoms with E-state index in [-0.39, 0.29) is 0 Å². The van der Waals surface area contributed by atoms with Crippen molar-refractivity contribution in [3.8, 4) is 5.69 Å². The van der Waals surface area contributed by atoms with Crippen LogP contribution < -0.4 is 0 Å². The summed E-state index contributed by atoms with van der Waals surface area (Å²) in [5.41, 5.74) is 5.54. The largest absolute Gasteiger partial charge is 0.309 e. The van der Waals surface area contributed by atoms with Crippen molar-refractivity contribution in [1.82, 2.24) is 4.57 Å². The van der Waals surface area contributed by atoms with Gasteiger partial charge in [0.1, 0.15) is 0 Å². The van der Waals surface area contributed by atoms with Crippen molar-refractivity contribution in [1.29, 1.82) is 0 Å². The Labute approximate surface area is 194 Å². The summed E-state index contributed by atoms with van der Waals surface area (Å²) in [6.45, 7) is 4.61.